The van der Waals surface area contributed by atoms with Gasteiger partial charge in [0.1, 0.15) is 0 Å². The minimum atomic E-state index is 0.123. The van der Waals surface area contributed by atoms with Crippen LogP contribution in [0.2, 0.25) is 0 Å². The number of hydrogen-bond donors (Lipinski definition) is 0. The van der Waals surface area contributed by atoms with Crippen LogP contribution in [0.5, 0.6) is 0 Å². The van der Waals surface area contributed by atoms with Crippen LogP contribution in [0.4, 0.5) is 0 Å². The van der Waals surface area contributed by atoms with Crippen LogP contribution in [0.25, 0.3) is 0 Å². The molecule has 1 aromatic rings. The molecule has 1 amide bonds. The van der Waals surface area contributed by atoms with Gasteiger partial charge in [-0.25, -0.2) is 0 Å². The Morgan fingerprint density at radius 1 is 1.57 bits per heavy atom. The van der Waals surface area contributed by atoms with E-state index in [2.05, 4.69) is 9.97 Å². The lowest BCUT2D eigenvalue weighted by atomic mass is 10.1. The number of nitrogens with zero attached hydrogens (tertiary/aromatic N) is 3. The van der Waals surface area contributed by atoms with E-state index < -0.39 is 0 Å². The van der Waals surface area contributed by atoms with Crippen molar-refractivity contribution in [3.8, 4) is 0 Å². The van der Waals surface area contributed by atoms with E-state index in [-0.39, 0.29) is 11.9 Å². The molecule has 0 aliphatic carbocycles. The van der Waals surface area contributed by atoms with Gasteiger partial charge in [-0.15, -0.1) is 0 Å². The number of carbonyl (C=O) groups excluding carboxylic acids is 1. The lowest BCUT2D eigenvalue weighted by Gasteiger charge is -2.22. The third kappa shape index (κ3) is 1.60. The highest BCUT2D eigenvalue weighted by molar-refractivity contribution is 5.74. The smallest absolute Gasteiger partial charge is 0.220 e. The van der Waals surface area contributed by atoms with Gasteiger partial charge in [0.25, 0.3) is 0 Å². The molecule has 2 rings (SSSR count). The molecule has 74 valence electrons. The van der Waals surface area contributed by atoms with E-state index in [0.29, 0.717) is 0 Å². The minimum Gasteiger partial charge on any atom is -0.334 e. The van der Waals surface area contributed by atoms with Crippen molar-refractivity contribution in [1.82, 2.24) is 14.9 Å². The Morgan fingerprint density at radius 3 is 3.07 bits per heavy atom. The molecule has 1 aliphatic rings. The van der Waals surface area contributed by atoms with E-state index in [0.717, 1.165) is 25.1 Å². The van der Waals surface area contributed by atoms with Crippen LogP contribution < -0.4 is 0 Å². The summed E-state index contributed by atoms with van der Waals surface area (Å²) in [6.07, 6.45) is 7.12. The molecule has 0 N–H and O–H groups in total. The Balaban J connectivity index is 2.22. The molecule has 0 spiro atoms. The normalized spacial score (nSPS) is 21.2. The second-order valence-electron chi connectivity index (χ2n) is 3.50. The largest absolute Gasteiger partial charge is 0.334 e. The summed E-state index contributed by atoms with van der Waals surface area (Å²) in [5.41, 5.74) is 0.903. The van der Waals surface area contributed by atoms with Gasteiger partial charge < -0.3 is 4.90 Å². The van der Waals surface area contributed by atoms with E-state index in [1.807, 2.05) is 4.90 Å². The van der Waals surface area contributed by atoms with E-state index >= 15 is 0 Å². The molecule has 1 aromatic heterocycles. The monoisotopic (exact) mass is 191 g/mol. The molecule has 4 nitrogen and oxygen atoms in total. The molecule has 0 radical (unpaired) electrons. The molecular weight excluding hydrogens is 178 g/mol. The van der Waals surface area contributed by atoms with Crippen molar-refractivity contribution < 1.29 is 4.79 Å². The Morgan fingerprint density at radius 2 is 2.43 bits per heavy atom. The summed E-state index contributed by atoms with van der Waals surface area (Å²) in [4.78, 5) is 21.4. The average molecular weight is 191 g/mol. The van der Waals surface area contributed by atoms with Gasteiger partial charge in [-0.1, -0.05) is 0 Å². The van der Waals surface area contributed by atoms with Gasteiger partial charge >= 0.3 is 0 Å². The second kappa shape index (κ2) is 3.74. The molecule has 2 heterocycles. The highest BCUT2D eigenvalue weighted by Gasteiger charge is 2.28. The number of carbonyl (C=O) groups is 1. The van der Waals surface area contributed by atoms with Gasteiger partial charge in [-0.3, -0.25) is 14.8 Å². The highest BCUT2D eigenvalue weighted by Crippen LogP contribution is 2.29. The second-order valence-corrected chi connectivity index (χ2v) is 3.50. The first kappa shape index (κ1) is 9.12. The Hall–Kier alpha value is -1.45. The maximum absolute atomic E-state index is 11.3. The first-order valence-electron chi connectivity index (χ1n) is 4.82. The van der Waals surface area contributed by atoms with Crippen LogP contribution in [0, 0.1) is 0 Å². The summed E-state index contributed by atoms with van der Waals surface area (Å²) < 4.78 is 0. The van der Waals surface area contributed by atoms with Crippen molar-refractivity contribution in [2.75, 3.05) is 6.54 Å². The molecule has 1 aliphatic heterocycles. The molecule has 1 fully saturated rings. The quantitative estimate of drug-likeness (QED) is 0.669. The molecule has 1 saturated heterocycles. The van der Waals surface area contributed by atoms with E-state index in [4.69, 9.17) is 0 Å². The molecule has 0 unspecified atom stereocenters. The first-order chi connectivity index (χ1) is 6.79. The molecule has 4 heteroatoms. The van der Waals surface area contributed by atoms with E-state index in [1.54, 1.807) is 25.5 Å². The van der Waals surface area contributed by atoms with Crippen molar-refractivity contribution in [2.24, 2.45) is 0 Å². The maximum Gasteiger partial charge on any atom is 0.220 e. The van der Waals surface area contributed by atoms with Gasteiger partial charge in [0, 0.05) is 25.9 Å². The van der Waals surface area contributed by atoms with E-state index in [1.165, 1.54) is 0 Å². The van der Waals surface area contributed by atoms with Gasteiger partial charge in [0.2, 0.25) is 5.91 Å². The molecule has 0 bridgehead atoms. The van der Waals surface area contributed by atoms with Crippen LogP contribution in [0.3, 0.4) is 0 Å². The fourth-order valence-corrected chi connectivity index (χ4v) is 1.93. The number of aromatic nitrogens is 2. The Labute approximate surface area is 83.0 Å². The summed E-state index contributed by atoms with van der Waals surface area (Å²) >= 11 is 0. The van der Waals surface area contributed by atoms with Crippen LogP contribution in [0.1, 0.15) is 31.5 Å². The fraction of sp³-hybridized carbons (Fsp3) is 0.500. The molecule has 0 saturated carbocycles. The molecular formula is C10H13N3O. The third-order valence-electron chi connectivity index (χ3n) is 2.58. The number of hydrogen-bond acceptors (Lipinski definition) is 3. The SMILES string of the molecule is CC(=O)N1CCC[C@H]1c1cnccn1. The lowest BCUT2D eigenvalue weighted by molar-refractivity contribution is -0.129. The maximum atomic E-state index is 11.3. The van der Waals surface area contributed by atoms with Crippen LogP contribution >= 0.6 is 0 Å². The first-order valence-corrected chi connectivity index (χ1v) is 4.82. The summed E-state index contributed by atoms with van der Waals surface area (Å²) in [7, 11) is 0. The van der Waals surface area contributed by atoms with Gasteiger partial charge in [0.15, 0.2) is 0 Å². The predicted octanol–water partition coefficient (Wildman–Crippen LogP) is 1.16. The Bertz CT molecular complexity index is 325. The predicted molar refractivity (Wildman–Crippen MR) is 51.4 cm³/mol. The molecule has 0 aromatic carbocycles. The zero-order valence-electron chi connectivity index (χ0n) is 8.18. The van der Waals surface area contributed by atoms with Gasteiger partial charge in [0.05, 0.1) is 17.9 Å². The molecule has 14 heavy (non-hydrogen) atoms. The van der Waals surface area contributed by atoms with E-state index in [9.17, 15) is 4.79 Å². The zero-order chi connectivity index (χ0) is 9.97. The van der Waals surface area contributed by atoms with Crippen molar-refractivity contribution in [3.05, 3.63) is 24.3 Å². The van der Waals surface area contributed by atoms with Gasteiger partial charge in [-0.2, -0.15) is 0 Å². The summed E-state index contributed by atoms with van der Waals surface area (Å²) in [6.45, 7) is 2.45. The third-order valence-corrected chi connectivity index (χ3v) is 2.58. The number of amides is 1. The molecule has 1 atom stereocenters. The summed E-state index contributed by atoms with van der Waals surface area (Å²) in [6, 6.07) is 0.140. The topological polar surface area (TPSA) is 46.1 Å². The van der Waals surface area contributed by atoms with Crippen LogP contribution in [-0.2, 0) is 4.79 Å². The summed E-state index contributed by atoms with van der Waals surface area (Å²) in [5.74, 6) is 0.123. The van der Waals surface area contributed by atoms with Crippen molar-refractivity contribution in [2.45, 2.75) is 25.8 Å². The standard InChI is InChI=1S/C10H13N3O/c1-8(14)13-6-2-3-10(13)9-7-11-4-5-12-9/h4-5,7,10H,2-3,6H2,1H3/t10-/m0/s1. The zero-order valence-corrected chi connectivity index (χ0v) is 8.18. The average Bonchev–Trinajstić information content (AvgIpc) is 2.67. The highest BCUT2D eigenvalue weighted by atomic mass is 16.2. The summed E-state index contributed by atoms with van der Waals surface area (Å²) in [5, 5.41) is 0. The van der Waals surface area contributed by atoms with Crippen LogP contribution in [0.15, 0.2) is 18.6 Å². The van der Waals surface area contributed by atoms with Crippen LogP contribution in [-0.4, -0.2) is 27.3 Å². The fourth-order valence-electron chi connectivity index (χ4n) is 1.93. The van der Waals surface area contributed by atoms with Crippen molar-refractivity contribution in [1.29, 1.82) is 0 Å². The Kier molecular flexibility index (Phi) is 2.43. The lowest BCUT2D eigenvalue weighted by Crippen LogP contribution is -2.28. The van der Waals surface area contributed by atoms with Gasteiger partial charge in [-0.05, 0) is 12.8 Å². The number of likely N-dealkylation sites (tertiary alicyclic amines) is 1. The van der Waals surface area contributed by atoms with Crippen molar-refractivity contribution >= 4 is 5.91 Å². The number of rotatable bonds is 1. The minimum absolute atomic E-state index is 0.123. The van der Waals surface area contributed by atoms with Crippen molar-refractivity contribution in [3.63, 3.8) is 0 Å².